The summed E-state index contributed by atoms with van der Waals surface area (Å²) in [6, 6.07) is 3.79. The van der Waals surface area contributed by atoms with Gasteiger partial charge < -0.3 is 15.0 Å². The summed E-state index contributed by atoms with van der Waals surface area (Å²) in [6.07, 6.45) is 9.01. The molecule has 2 amide bonds. The molecule has 1 saturated heterocycles. The van der Waals surface area contributed by atoms with Crippen LogP contribution in [-0.2, 0) is 24.8 Å². The van der Waals surface area contributed by atoms with Crippen LogP contribution in [-0.4, -0.2) is 51.0 Å². The van der Waals surface area contributed by atoms with E-state index in [1.54, 1.807) is 17.1 Å². The monoisotopic (exact) mass is 343 g/mol. The fourth-order valence-electron chi connectivity index (χ4n) is 3.33. The van der Waals surface area contributed by atoms with E-state index in [-0.39, 0.29) is 18.2 Å². The Bertz CT molecular complexity index is 688. The molecule has 0 aliphatic carbocycles. The zero-order chi connectivity index (χ0) is 17.6. The Kier molecular flexibility index (Phi) is 5.65. The average molecular weight is 343 g/mol. The Hall–Kier alpha value is -2.41. The van der Waals surface area contributed by atoms with E-state index in [0.717, 1.165) is 24.0 Å². The quantitative estimate of drug-likeness (QED) is 0.867. The summed E-state index contributed by atoms with van der Waals surface area (Å²) in [4.78, 5) is 18.7. The summed E-state index contributed by atoms with van der Waals surface area (Å²) >= 11 is 0. The van der Waals surface area contributed by atoms with E-state index in [1.807, 2.05) is 43.4 Å². The molecule has 134 valence electrons. The van der Waals surface area contributed by atoms with Crippen molar-refractivity contribution in [3.63, 3.8) is 0 Å². The lowest BCUT2D eigenvalue weighted by Gasteiger charge is -2.28. The zero-order valence-corrected chi connectivity index (χ0v) is 14.8. The third-order valence-electron chi connectivity index (χ3n) is 4.50. The number of nitrogens with zero attached hydrogens (tertiary/aromatic N) is 4. The summed E-state index contributed by atoms with van der Waals surface area (Å²) in [5.41, 5.74) is 2.10. The standard InChI is InChI=1S/C18H25N5O2/c1-3-25-17-6-8-23(16(17)9-15-12-21-22(2)13-15)18(24)20-11-14-5-4-7-19-10-14/h4-5,7,10,12-13,16-17H,3,6,8-9,11H2,1-2H3,(H,20,24)/t16-,17-/m1/s1. The van der Waals surface area contributed by atoms with Crippen LogP contribution < -0.4 is 5.32 Å². The lowest BCUT2D eigenvalue weighted by molar-refractivity contribution is 0.0401. The molecule has 25 heavy (non-hydrogen) atoms. The van der Waals surface area contributed by atoms with Gasteiger partial charge in [-0.25, -0.2) is 4.79 Å². The number of amides is 2. The average Bonchev–Trinajstić information content (AvgIpc) is 3.21. The number of likely N-dealkylation sites (tertiary alicyclic amines) is 1. The highest BCUT2D eigenvalue weighted by atomic mass is 16.5. The number of ether oxygens (including phenoxy) is 1. The second-order valence-corrected chi connectivity index (χ2v) is 6.29. The summed E-state index contributed by atoms with van der Waals surface area (Å²) in [5.74, 6) is 0. The molecular weight excluding hydrogens is 318 g/mol. The van der Waals surface area contributed by atoms with Gasteiger partial charge in [-0.3, -0.25) is 9.67 Å². The van der Waals surface area contributed by atoms with Crippen molar-refractivity contribution >= 4 is 6.03 Å². The molecule has 3 rings (SSSR count). The van der Waals surface area contributed by atoms with Crippen molar-refractivity contribution in [2.45, 2.75) is 38.5 Å². The molecule has 1 aliphatic heterocycles. The number of aryl methyl sites for hydroxylation is 1. The van der Waals surface area contributed by atoms with Gasteiger partial charge in [-0.2, -0.15) is 5.10 Å². The first-order chi connectivity index (χ1) is 12.2. The van der Waals surface area contributed by atoms with Crippen molar-refractivity contribution in [2.24, 2.45) is 7.05 Å². The third kappa shape index (κ3) is 4.36. The SMILES string of the molecule is CCO[C@@H]1CCN(C(=O)NCc2cccnc2)[C@@H]1Cc1cnn(C)c1. The van der Waals surface area contributed by atoms with Crippen LogP contribution in [0.15, 0.2) is 36.9 Å². The molecule has 2 aromatic rings. The fraction of sp³-hybridized carbons (Fsp3) is 0.500. The summed E-state index contributed by atoms with van der Waals surface area (Å²) in [6.45, 7) is 3.82. The third-order valence-corrected chi connectivity index (χ3v) is 4.50. The number of carbonyl (C=O) groups is 1. The van der Waals surface area contributed by atoms with Crippen molar-refractivity contribution in [3.05, 3.63) is 48.0 Å². The van der Waals surface area contributed by atoms with E-state index in [9.17, 15) is 4.79 Å². The van der Waals surface area contributed by atoms with Gasteiger partial charge in [0.05, 0.1) is 18.3 Å². The zero-order valence-electron chi connectivity index (χ0n) is 14.8. The summed E-state index contributed by atoms with van der Waals surface area (Å²) in [7, 11) is 1.90. The van der Waals surface area contributed by atoms with E-state index in [1.165, 1.54) is 0 Å². The Balaban J connectivity index is 1.65. The van der Waals surface area contributed by atoms with Crippen LogP contribution in [0.1, 0.15) is 24.5 Å². The normalized spacial score (nSPS) is 20.0. The van der Waals surface area contributed by atoms with E-state index in [0.29, 0.717) is 19.7 Å². The van der Waals surface area contributed by atoms with Gasteiger partial charge in [0.25, 0.3) is 0 Å². The van der Waals surface area contributed by atoms with Crippen LogP contribution in [0.25, 0.3) is 0 Å². The smallest absolute Gasteiger partial charge is 0.318 e. The van der Waals surface area contributed by atoms with Gasteiger partial charge in [0, 0.05) is 45.3 Å². The highest BCUT2D eigenvalue weighted by molar-refractivity contribution is 5.75. The number of urea groups is 1. The van der Waals surface area contributed by atoms with E-state index >= 15 is 0 Å². The Morgan fingerprint density at radius 1 is 1.40 bits per heavy atom. The number of hydrogen-bond donors (Lipinski definition) is 1. The molecular formula is C18H25N5O2. The molecule has 0 aromatic carbocycles. The van der Waals surface area contributed by atoms with Gasteiger partial charge in [-0.15, -0.1) is 0 Å². The van der Waals surface area contributed by atoms with Crippen molar-refractivity contribution < 1.29 is 9.53 Å². The van der Waals surface area contributed by atoms with Gasteiger partial charge in [0.1, 0.15) is 0 Å². The van der Waals surface area contributed by atoms with Crippen molar-refractivity contribution in [1.29, 1.82) is 0 Å². The maximum Gasteiger partial charge on any atom is 0.318 e. The molecule has 1 aliphatic rings. The Labute approximate surface area is 148 Å². The van der Waals surface area contributed by atoms with Crippen molar-refractivity contribution in [2.75, 3.05) is 13.2 Å². The van der Waals surface area contributed by atoms with Crippen molar-refractivity contribution in [1.82, 2.24) is 25.0 Å². The first-order valence-corrected chi connectivity index (χ1v) is 8.70. The molecule has 1 fully saturated rings. The predicted octanol–water partition coefficient (Wildman–Crippen LogP) is 1.75. The molecule has 0 bridgehead atoms. The lowest BCUT2D eigenvalue weighted by Crippen LogP contribution is -2.46. The van der Waals surface area contributed by atoms with Crippen LogP contribution in [0.3, 0.4) is 0 Å². The number of aromatic nitrogens is 3. The van der Waals surface area contributed by atoms with E-state index < -0.39 is 0 Å². The maximum absolute atomic E-state index is 12.7. The number of nitrogens with one attached hydrogen (secondary N) is 1. The summed E-state index contributed by atoms with van der Waals surface area (Å²) < 4.78 is 7.66. The highest BCUT2D eigenvalue weighted by Crippen LogP contribution is 2.24. The maximum atomic E-state index is 12.7. The molecule has 2 atom stereocenters. The summed E-state index contributed by atoms with van der Waals surface area (Å²) in [5, 5.41) is 7.22. The Morgan fingerprint density at radius 2 is 2.28 bits per heavy atom. The van der Waals surface area contributed by atoms with Gasteiger partial charge in [-0.05, 0) is 37.0 Å². The number of carbonyl (C=O) groups excluding carboxylic acids is 1. The van der Waals surface area contributed by atoms with Crippen LogP contribution >= 0.6 is 0 Å². The molecule has 0 radical (unpaired) electrons. The molecule has 7 nitrogen and oxygen atoms in total. The lowest BCUT2D eigenvalue weighted by atomic mass is 10.0. The van der Waals surface area contributed by atoms with Crippen LogP contribution in [0.5, 0.6) is 0 Å². The molecule has 2 aromatic heterocycles. The molecule has 0 spiro atoms. The van der Waals surface area contributed by atoms with Gasteiger partial charge in [-0.1, -0.05) is 6.07 Å². The van der Waals surface area contributed by atoms with E-state index in [2.05, 4.69) is 15.4 Å². The molecule has 1 N–H and O–H groups in total. The second-order valence-electron chi connectivity index (χ2n) is 6.29. The molecule has 0 unspecified atom stereocenters. The largest absolute Gasteiger partial charge is 0.376 e. The van der Waals surface area contributed by atoms with Crippen LogP contribution in [0.4, 0.5) is 4.79 Å². The van der Waals surface area contributed by atoms with Gasteiger partial charge in [0.2, 0.25) is 0 Å². The number of pyridine rings is 1. The molecule has 3 heterocycles. The fourth-order valence-corrected chi connectivity index (χ4v) is 3.33. The van der Waals surface area contributed by atoms with Crippen LogP contribution in [0, 0.1) is 0 Å². The van der Waals surface area contributed by atoms with Crippen LogP contribution in [0.2, 0.25) is 0 Å². The minimum atomic E-state index is -0.0556. The Morgan fingerprint density at radius 3 is 2.96 bits per heavy atom. The minimum absolute atomic E-state index is 0.0260. The van der Waals surface area contributed by atoms with Gasteiger partial charge >= 0.3 is 6.03 Å². The first-order valence-electron chi connectivity index (χ1n) is 8.70. The molecule has 7 heteroatoms. The van der Waals surface area contributed by atoms with Gasteiger partial charge in [0.15, 0.2) is 0 Å². The second kappa shape index (κ2) is 8.11. The van der Waals surface area contributed by atoms with Crippen molar-refractivity contribution in [3.8, 4) is 0 Å². The minimum Gasteiger partial charge on any atom is -0.376 e. The molecule has 0 saturated carbocycles. The topological polar surface area (TPSA) is 72.3 Å². The first kappa shape index (κ1) is 17.4. The highest BCUT2D eigenvalue weighted by Gasteiger charge is 2.37. The number of rotatable bonds is 6. The predicted molar refractivity (Wildman–Crippen MR) is 93.9 cm³/mol. The van der Waals surface area contributed by atoms with E-state index in [4.69, 9.17) is 4.74 Å². The number of hydrogen-bond acceptors (Lipinski definition) is 4.